The Morgan fingerprint density at radius 2 is 2.27 bits per heavy atom. The molecule has 0 aromatic rings. The molecule has 4 nitrogen and oxygen atoms in total. The quantitative estimate of drug-likeness (QED) is 0.657. The van der Waals surface area contributed by atoms with Gasteiger partial charge >= 0.3 is 5.97 Å². The summed E-state index contributed by atoms with van der Waals surface area (Å²) in [6.45, 7) is 7.82. The monoisotopic (exact) mass is 215 g/mol. The Hall–Kier alpha value is -0.610. The Labute approximate surface area is 91.5 Å². The van der Waals surface area contributed by atoms with Crippen LogP contribution in [0.5, 0.6) is 0 Å². The van der Waals surface area contributed by atoms with Gasteiger partial charge in [0, 0.05) is 19.5 Å². The number of hydrogen-bond acceptors (Lipinski definition) is 4. The van der Waals surface area contributed by atoms with Gasteiger partial charge in [-0.05, 0) is 26.8 Å². The Balaban J connectivity index is 2.18. The fourth-order valence-corrected chi connectivity index (χ4v) is 1.85. The molecule has 0 unspecified atom stereocenters. The molecule has 1 heterocycles. The zero-order chi connectivity index (χ0) is 11.3. The van der Waals surface area contributed by atoms with Crippen molar-refractivity contribution in [3.8, 4) is 0 Å². The fourth-order valence-electron chi connectivity index (χ4n) is 1.85. The molecule has 1 fully saturated rings. The molecule has 1 aliphatic heterocycles. The largest absolute Gasteiger partial charge is 0.469 e. The highest BCUT2D eigenvalue weighted by Crippen LogP contribution is 2.16. The molecule has 0 amide bonds. The Morgan fingerprint density at radius 1 is 1.53 bits per heavy atom. The number of esters is 1. The van der Waals surface area contributed by atoms with E-state index >= 15 is 0 Å². The van der Waals surface area contributed by atoms with Gasteiger partial charge in [0.15, 0.2) is 0 Å². The maximum atomic E-state index is 10.9. The molecule has 4 heteroatoms. The van der Waals surface area contributed by atoms with Gasteiger partial charge in [-0.3, -0.25) is 9.69 Å². The third-order valence-electron chi connectivity index (χ3n) is 2.59. The number of carbonyl (C=O) groups is 1. The van der Waals surface area contributed by atoms with Crippen molar-refractivity contribution in [1.82, 2.24) is 4.90 Å². The molecular weight excluding hydrogens is 194 g/mol. The van der Waals surface area contributed by atoms with E-state index in [4.69, 9.17) is 4.74 Å². The molecule has 0 spiro atoms. The topological polar surface area (TPSA) is 38.8 Å². The molecule has 1 rings (SSSR count). The molecule has 0 aromatic heterocycles. The first-order chi connectivity index (χ1) is 7.03. The van der Waals surface area contributed by atoms with Crippen LogP contribution in [0.3, 0.4) is 0 Å². The summed E-state index contributed by atoms with van der Waals surface area (Å²) < 4.78 is 10.2. The maximum absolute atomic E-state index is 10.9. The van der Waals surface area contributed by atoms with E-state index in [0.29, 0.717) is 6.42 Å². The summed E-state index contributed by atoms with van der Waals surface area (Å²) in [6.07, 6.45) is 1.37. The first kappa shape index (κ1) is 12.5. The van der Waals surface area contributed by atoms with Crippen molar-refractivity contribution in [3.05, 3.63) is 0 Å². The number of methoxy groups -OCH3 is 1. The van der Waals surface area contributed by atoms with Gasteiger partial charge in [0.2, 0.25) is 0 Å². The van der Waals surface area contributed by atoms with Crippen molar-refractivity contribution in [2.24, 2.45) is 0 Å². The average Bonchev–Trinajstić information content (AvgIpc) is 2.16. The van der Waals surface area contributed by atoms with Crippen LogP contribution >= 0.6 is 0 Å². The zero-order valence-corrected chi connectivity index (χ0v) is 9.91. The number of morpholine rings is 1. The lowest BCUT2D eigenvalue weighted by Gasteiger charge is -2.38. The van der Waals surface area contributed by atoms with Crippen LogP contribution in [0.25, 0.3) is 0 Å². The van der Waals surface area contributed by atoms with E-state index in [0.717, 1.165) is 32.7 Å². The molecular formula is C11H21NO3. The van der Waals surface area contributed by atoms with Gasteiger partial charge in [0.1, 0.15) is 0 Å². The molecule has 0 aliphatic carbocycles. The number of carbonyl (C=O) groups excluding carboxylic acids is 1. The minimum absolute atomic E-state index is 0.0521. The molecule has 0 aromatic carbocycles. The average molecular weight is 215 g/mol. The third kappa shape index (κ3) is 4.62. The van der Waals surface area contributed by atoms with Gasteiger partial charge < -0.3 is 9.47 Å². The van der Waals surface area contributed by atoms with E-state index in [1.54, 1.807) is 0 Å². The second-order valence-corrected chi connectivity index (χ2v) is 4.56. The minimum atomic E-state index is -0.123. The molecule has 15 heavy (non-hydrogen) atoms. The van der Waals surface area contributed by atoms with Crippen molar-refractivity contribution < 1.29 is 14.3 Å². The minimum Gasteiger partial charge on any atom is -0.469 e. The summed E-state index contributed by atoms with van der Waals surface area (Å²) in [5.74, 6) is -0.123. The second-order valence-electron chi connectivity index (χ2n) is 4.56. The SMILES string of the molecule is COC(=O)CCCN1CCOC(C)(C)C1. The smallest absolute Gasteiger partial charge is 0.305 e. The van der Waals surface area contributed by atoms with Crippen LogP contribution in [0.15, 0.2) is 0 Å². The summed E-state index contributed by atoms with van der Waals surface area (Å²) in [5, 5.41) is 0. The van der Waals surface area contributed by atoms with Crippen molar-refractivity contribution in [3.63, 3.8) is 0 Å². The number of rotatable bonds is 4. The van der Waals surface area contributed by atoms with E-state index in [1.165, 1.54) is 7.11 Å². The number of ether oxygens (including phenoxy) is 2. The van der Waals surface area contributed by atoms with Crippen molar-refractivity contribution >= 4 is 5.97 Å². The van der Waals surface area contributed by atoms with Gasteiger partial charge in [-0.25, -0.2) is 0 Å². The number of hydrogen-bond donors (Lipinski definition) is 0. The normalized spacial score (nSPS) is 21.3. The van der Waals surface area contributed by atoms with E-state index in [2.05, 4.69) is 23.5 Å². The molecule has 0 radical (unpaired) electrons. The fraction of sp³-hybridized carbons (Fsp3) is 0.909. The van der Waals surface area contributed by atoms with Crippen LogP contribution in [0.1, 0.15) is 26.7 Å². The molecule has 0 saturated carbocycles. The molecule has 0 bridgehead atoms. The van der Waals surface area contributed by atoms with Gasteiger partial charge in [-0.1, -0.05) is 0 Å². The Morgan fingerprint density at radius 3 is 2.87 bits per heavy atom. The van der Waals surface area contributed by atoms with Gasteiger partial charge in [0.25, 0.3) is 0 Å². The highest BCUT2D eigenvalue weighted by atomic mass is 16.5. The van der Waals surface area contributed by atoms with Crippen molar-refractivity contribution in [2.45, 2.75) is 32.3 Å². The van der Waals surface area contributed by atoms with E-state index < -0.39 is 0 Å². The van der Waals surface area contributed by atoms with Gasteiger partial charge in [-0.15, -0.1) is 0 Å². The van der Waals surface area contributed by atoms with E-state index in [-0.39, 0.29) is 11.6 Å². The predicted molar refractivity (Wildman–Crippen MR) is 57.7 cm³/mol. The Kier molecular flexibility index (Phi) is 4.54. The lowest BCUT2D eigenvalue weighted by atomic mass is 10.1. The lowest BCUT2D eigenvalue weighted by molar-refractivity contribution is -0.140. The lowest BCUT2D eigenvalue weighted by Crippen LogP contribution is -2.48. The predicted octanol–water partition coefficient (Wildman–Crippen LogP) is 1.05. The van der Waals surface area contributed by atoms with Crippen molar-refractivity contribution in [2.75, 3.05) is 33.4 Å². The third-order valence-corrected chi connectivity index (χ3v) is 2.59. The summed E-state index contributed by atoms with van der Waals surface area (Å²) >= 11 is 0. The molecule has 0 atom stereocenters. The summed E-state index contributed by atoms with van der Waals surface area (Å²) in [5.41, 5.74) is -0.0521. The second kappa shape index (κ2) is 5.47. The van der Waals surface area contributed by atoms with Crippen LogP contribution < -0.4 is 0 Å². The Bertz CT molecular complexity index is 216. The van der Waals surface area contributed by atoms with Crippen LogP contribution in [0.2, 0.25) is 0 Å². The van der Waals surface area contributed by atoms with Crippen LogP contribution in [-0.2, 0) is 14.3 Å². The maximum Gasteiger partial charge on any atom is 0.305 e. The first-order valence-electron chi connectivity index (χ1n) is 5.47. The first-order valence-corrected chi connectivity index (χ1v) is 5.47. The van der Waals surface area contributed by atoms with Gasteiger partial charge in [0.05, 0.1) is 19.3 Å². The van der Waals surface area contributed by atoms with E-state index in [9.17, 15) is 4.79 Å². The summed E-state index contributed by atoms with van der Waals surface area (Å²) in [4.78, 5) is 13.3. The number of nitrogens with zero attached hydrogens (tertiary/aromatic N) is 1. The zero-order valence-electron chi connectivity index (χ0n) is 9.91. The molecule has 88 valence electrons. The van der Waals surface area contributed by atoms with Crippen LogP contribution in [0.4, 0.5) is 0 Å². The summed E-state index contributed by atoms with van der Waals surface area (Å²) in [6, 6.07) is 0. The van der Waals surface area contributed by atoms with Crippen molar-refractivity contribution in [1.29, 1.82) is 0 Å². The molecule has 1 aliphatic rings. The highest BCUT2D eigenvalue weighted by Gasteiger charge is 2.26. The van der Waals surface area contributed by atoms with Crippen LogP contribution in [0, 0.1) is 0 Å². The summed E-state index contributed by atoms with van der Waals surface area (Å²) in [7, 11) is 1.43. The molecule has 0 N–H and O–H groups in total. The van der Waals surface area contributed by atoms with Gasteiger partial charge in [-0.2, -0.15) is 0 Å². The van der Waals surface area contributed by atoms with Crippen LogP contribution in [-0.4, -0.2) is 49.8 Å². The van der Waals surface area contributed by atoms with E-state index in [1.807, 2.05) is 0 Å². The standard InChI is InChI=1S/C11H21NO3/c1-11(2)9-12(7-8-15-11)6-4-5-10(13)14-3/h4-9H2,1-3H3. The highest BCUT2D eigenvalue weighted by molar-refractivity contribution is 5.69. The molecule has 1 saturated heterocycles.